The second-order valence-electron chi connectivity index (χ2n) is 10.5. The number of pyridine rings is 1. The Morgan fingerprint density at radius 2 is 1.36 bits per heavy atom. The zero-order valence-corrected chi connectivity index (χ0v) is 25.1. The number of methoxy groups -OCH3 is 1. The number of imidazole rings is 2. The smallest absolute Gasteiger partial charge is 0.416 e. The Balaban J connectivity index is 1.71. The molecule has 0 atom stereocenters. The summed E-state index contributed by atoms with van der Waals surface area (Å²) in [5.41, 5.74) is 2.14. The van der Waals surface area contributed by atoms with Crippen LogP contribution in [0.2, 0.25) is 5.02 Å². The van der Waals surface area contributed by atoms with Gasteiger partial charge in [0.05, 0.1) is 23.2 Å². The zero-order chi connectivity index (χ0) is 30.7. The van der Waals surface area contributed by atoms with E-state index in [2.05, 4.69) is 4.98 Å². The maximum Gasteiger partial charge on any atom is 0.416 e. The van der Waals surface area contributed by atoms with Crippen molar-refractivity contribution in [2.45, 2.75) is 45.9 Å². The summed E-state index contributed by atoms with van der Waals surface area (Å²) in [5.74, 6) is 1.73. The lowest BCUT2D eigenvalue weighted by molar-refractivity contribution is -0.137. The van der Waals surface area contributed by atoms with Crippen molar-refractivity contribution in [3.05, 3.63) is 104 Å². The number of nitrogens with zero attached hydrogens (tertiary/aromatic N) is 5. The second-order valence-corrected chi connectivity index (χ2v) is 10.9. The van der Waals surface area contributed by atoms with Crippen molar-refractivity contribution >= 4 is 22.5 Å². The number of benzene rings is 2. The van der Waals surface area contributed by atoms with Crippen LogP contribution in [0.15, 0.2) is 42.5 Å². The molecule has 2 aromatic carbocycles. The van der Waals surface area contributed by atoms with E-state index >= 15 is 0 Å². The summed E-state index contributed by atoms with van der Waals surface area (Å²) in [6, 6.07) is 10.2. The first kappa shape index (κ1) is 29.6. The maximum atomic E-state index is 13.1. The molecule has 0 unspecified atom stereocenters. The fourth-order valence-electron chi connectivity index (χ4n) is 5.31. The molecule has 0 aliphatic heterocycles. The number of hydrogen-bond acceptors (Lipinski definition) is 5. The van der Waals surface area contributed by atoms with E-state index < -0.39 is 17.3 Å². The number of fused-ring (bicyclic) bond motifs is 1. The molecule has 0 bridgehead atoms. The molecule has 1 N–H and O–H groups in total. The van der Waals surface area contributed by atoms with E-state index in [1.807, 2.05) is 50.9 Å². The van der Waals surface area contributed by atoms with Crippen molar-refractivity contribution in [3.63, 3.8) is 0 Å². The summed E-state index contributed by atoms with van der Waals surface area (Å²) in [4.78, 5) is 14.2. The zero-order valence-electron chi connectivity index (χ0n) is 24.4. The monoisotopic (exact) mass is 597 g/mol. The van der Waals surface area contributed by atoms with Gasteiger partial charge in [-0.2, -0.15) is 13.2 Å². The van der Waals surface area contributed by atoms with Gasteiger partial charge in [0.25, 0.3) is 0 Å². The van der Waals surface area contributed by atoms with E-state index in [1.54, 1.807) is 18.2 Å². The average molecular weight is 598 g/mol. The lowest BCUT2D eigenvalue weighted by atomic mass is 9.84. The number of alkyl halides is 3. The molecule has 3 heterocycles. The van der Waals surface area contributed by atoms with E-state index in [0.29, 0.717) is 44.0 Å². The highest BCUT2D eigenvalue weighted by molar-refractivity contribution is 6.36. The Bertz CT molecular complexity index is 1770. The van der Waals surface area contributed by atoms with Crippen LogP contribution in [0.25, 0.3) is 10.9 Å². The third kappa shape index (κ3) is 4.72. The van der Waals surface area contributed by atoms with Crippen molar-refractivity contribution in [1.82, 2.24) is 24.1 Å². The standard InChI is InChI=1S/C31H31ClF3N5O2/c1-16-27(36-18(3)39(16)5)30(41,28-17(2)40(6)19(4)37-28)22-12-13-25-23(15-22)26(32)24(29(38-25)42-7)14-20-8-10-21(11-9-20)31(33,34)35/h8-13,15,41H,14H2,1-7H3. The van der Waals surface area contributed by atoms with Crippen LogP contribution < -0.4 is 4.74 Å². The molecule has 0 spiro atoms. The van der Waals surface area contributed by atoms with Crippen molar-refractivity contribution in [3.8, 4) is 5.88 Å². The average Bonchev–Trinajstić information content (AvgIpc) is 3.38. The number of halogens is 4. The van der Waals surface area contributed by atoms with E-state index in [1.165, 1.54) is 19.2 Å². The van der Waals surface area contributed by atoms with Gasteiger partial charge in [0, 0.05) is 42.9 Å². The quantitative estimate of drug-likeness (QED) is 0.242. The number of aryl methyl sites for hydroxylation is 2. The van der Waals surface area contributed by atoms with Crippen molar-refractivity contribution in [1.29, 1.82) is 0 Å². The number of aromatic nitrogens is 5. The molecule has 0 aliphatic carbocycles. The maximum absolute atomic E-state index is 13.1. The fourth-order valence-corrected chi connectivity index (χ4v) is 5.61. The summed E-state index contributed by atoms with van der Waals surface area (Å²) < 4.78 is 48.6. The highest BCUT2D eigenvalue weighted by Crippen LogP contribution is 2.42. The summed E-state index contributed by atoms with van der Waals surface area (Å²) >= 11 is 6.99. The van der Waals surface area contributed by atoms with E-state index in [0.717, 1.165) is 35.2 Å². The molecule has 5 rings (SSSR count). The molecule has 0 amide bonds. The molecule has 7 nitrogen and oxygen atoms in total. The lowest BCUT2D eigenvalue weighted by Crippen LogP contribution is -2.32. The molecule has 5 aromatic rings. The Kier molecular flexibility index (Phi) is 7.35. The second kappa shape index (κ2) is 10.4. The molecule has 220 valence electrons. The van der Waals surface area contributed by atoms with Gasteiger partial charge < -0.3 is 19.0 Å². The van der Waals surface area contributed by atoms with Crippen molar-refractivity contribution < 1.29 is 23.0 Å². The predicted octanol–water partition coefficient (Wildman–Crippen LogP) is 6.49. The number of hydrogen-bond donors (Lipinski definition) is 1. The van der Waals surface area contributed by atoms with Crippen molar-refractivity contribution in [2.75, 3.05) is 7.11 Å². The van der Waals surface area contributed by atoms with Gasteiger partial charge in [-0.3, -0.25) is 0 Å². The Hall–Kier alpha value is -3.89. The van der Waals surface area contributed by atoms with Gasteiger partial charge in [-0.1, -0.05) is 29.8 Å². The molecule has 0 radical (unpaired) electrons. The van der Waals surface area contributed by atoms with Crippen LogP contribution in [0, 0.1) is 27.7 Å². The van der Waals surface area contributed by atoms with Gasteiger partial charge in [-0.15, -0.1) is 0 Å². The Morgan fingerprint density at radius 1 is 0.833 bits per heavy atom. The van der Waals surface area contributed by atoms with Gasteiger partial charge >= 0.3 is 6.18 Å². The third-order valence-corrected chi connectivity index (χ3v) is 8.58. The van der Waals surface area contributed by atoms with Crippen LogP contribution in [0.4, 0.5) is 13.2 Å². The molecular formula is C31H31ClF3N5O2. The molecule has 0 aliphatic rings. The molecule has 0 saturated heterocycles. The molecule has 0 fully saturated rings. The van der Waals surface area contributed by atoms with E-state index in [-0.39, 0.29) is 12.3 Å². The van der Waals surface area contributed by atoms with Crippen LogP contribution in [0.1, 0.15) is 56.7 Å². The number of rotatable bonds is 6. The summed E-state index contributed by atoms with van der Waals surface area (Å²) in [6.07, 6.45) is -4.24. The van der Waals surface area contributed by atoms with Gasteiger partial charge in [-0.05, 0) is 63.1 Å². The first-order valence-corrected chi connectivity index (χ1v) is 13.6. The SMILES string of the molecule is COc1nc2ccc(C(O)(c3nc(C)n(C)c3C)c3nc(C)n(C)c3C)cc2c(Cl)c1Cc1ccc(C(F)(F)F)cc1. The van der Waals surface area contributed by atoms with Crippen LogP contribution in [-0.4, -0.2) is 36.3 Å². The minimum absolute atomic E-state index is 0.189. The normalized spacial score (nSPS) is 12.4. The van der Waals surface area contributed by atoms with Crippen LogP contribution in [0.5, 0.6) is 5.88 Å². The van der Waals surface area contributed by atoms with Crippen LogP contribution in [0.3, 0.4) is 0 Å². The lowest BCUT2D eigenvalue weighted by Gasteiger charge is -2.28. The molecule has 42 heavy (non-hydrogen) atoms. The highest BCUT2D eigenvalue weighted by atomic mass is 35.5. The third-order valence-electron chi connectivity index (χ3n) is 8.15. The van der Waals surface area contributed by atoms with Crippen LogP contribution in [-0.2, 0) is 32.3 Å². The van der Waals surface area contributed by atoms with E-state index in [4.69, 9.17) is 26.3 Å². The van der Waals surface area contributed by atoms with Gasteiger partial charge in [0.15, 0.2) is 5.60 Å². The first-order valence-electron chi connectivity index (χ1n) is 13.2. The predicted molar refractivity (Wildman–Crippen MR) is 155 cm³/mol. The fraction of sp³-hybridized carbons (Fsp3) is 0.323. The summed E-state index contributed by atoms with van der Waals surface area (Å²) in [7, 11) is 5.24. The minimum Gasteiger partial charge on any atom is -0.481 e. The minimum atomic E-state index is -4.43. The first-order chi connectivity index (χ1) is 19.7. The molecule has 3 aromatic heterocycles. The summed E-state index contributed by atoms with van der Waals surface area (Å²) in [5, 5.41) is 13.5. The Labute approximate surface area is 246 Å². The largest absolute Gasteiger partial charge is 0.481 e. The molecular weight excluding hydrogens is 567 g/mol. The van der Waals surface area contributed by atoms with Crippen molar-refractivity contribution in [2.24, 2.45) is 14.1 Å². The summed E-state index contributed by atoms with van der Waals surface area (Å²) in [6.45, 7) is 7.53. The van der Waals surface area contributed by atoms with Gasteiger partial charge in [0.1, 0.15) is 23.0 Å². The molecule has 0 saturated carbocycles. The highest BCUT2D eigenvalue weighted by Gasteiger charge is 2.42. The van der Waals surface area contributed by atoms with Gasteiger partial charge in [0.2, 0.25) is 5.88 Å². The molecule has 11 heteroatoms. The van der Waals surface area contributed by atoms with E-state index in [9.17, 15) is 18.3 Å². The topological polar surface area (TPSA) is 78.0 Å². The number of ether oxygens (including phenoxy) is 1. The van der Waals surface area contributed by atoms with Crippen LogP contribution >= 0.6 is 11.6 Å². The van der Waals surface area contributed by atoms with Gasteiger partial charge in [-0.25, -0.2) is 15.0 Å². The Morgan fingerprint density at radius 3 is 1.81 bits per heavy atom. The number of aliphatic hydroxyl groups is 1.